The van der Waals surface area contributed by atoms with Crippen LogP contribution in [0.15, 0.2) is 24.5 Å². The highest BCUT2D eigenvalue weighted by Crippen LogP contribution is 2.24. The van der Waals surface area contributed by atoms with Crippen LogP contribution in [0.3, 0.4) is 0 Å². The van der Waals surface area contributed by atoms with Crippen molar-refractivity contribution in [2.24, 2.45) is 0 Å². The molecule has 4 heterocycles. The number of hydrogen-bond acceptors (Lipinski definition) is 5. The maximum absolute atomic E-state index is 12.9. The van der Waals surface area contributed by atoms with Gasteiger partial charge < -0.3 is 19.6 Å². The molecule has 0 spiro atoms. The molecule has 24 heavy (non-hydrogen) atoms. The third kappa shape index (κ3) is 2.74. The molecule has 1 atom stereocenters. The number of aliphatic hydroxyl groups is 1. The average Bonchev–Trinajstić information content (AvgIpc) is 3.30. The highest BCUT2D eigenvalue weighted by molar-refractivity contribution is 6.01. The second kappa shape index (κ2) is 6.41. The standard InChI is InChI=1S/C17H22N4O3/c22-12-14-11-20(7-8-24-14)17(23)15-10-18-21-6-3-13(9-16(15)21)19-4-1-2-5-19/h3,6,9-10,14,22H,1-2,4-5,7-8,11-12H2. The second-order valence-corrected chi connectivity index (χ2v) is 6.39. The number of aromatic nitrogens is 2. The molecule has 7 nitrogen and oxygen atoms in total. The molecule has 1 amide bonds. The van der Waals surface area contributed by atoms with Gasteiger partial charge in [-0.25, -0.2) is 4.52 Å². The molecular weight excluding hydrogens is 308 g/mol. The van der Waals surface area contributed by atoms with Gasteiger partial charge in [0.25, 0.3) is 5.91 Å². The number of aliphatic hydroxyl groups excluding tert-OH is 1. The minimum atomic E-state index is -0.301. The molecule has 128 valence electrons. The number of rotatable bonds is 3. The predicted octanol–water partition coefficient (Wildman–Crippen LogP) is 0.768. The van der Waals surface area contributed by atoms with E-state index in [-0.39, 0.29) is 18.6 Å². The van der Waals surface area contributed by atoms with Gasteiger partial charge in [0.2, 0.25) is 0 Å². The largest absolute Gasteiger partial charge is 0.394 e. The van der Waals surface area contributed by atoms with Crippen molar-refractivity contribution >= 4 is 17.1 Å². The summed E-state index contributed by atoms with van der Waals surface area (Å²) in [6.07, 6.45) is 5.67. The van der Waals surface area contributed by atoms with E-state index in [4.69, 9.17) is 4.74 Å². The van der Waals surface area contributed by atoms with Crippen LogP contribution in [0.25, 0.3) is 5.52 Å². The number of anilines is 1. The van der Waals surface area contributed by atoms with Crippen LogP contribution in [0.4, 0.5) is 5.69 Å². The van der Waals surface area contributed by atoms with Gasteiger partial charge in [-0.15, -0.1) is 0 Å². The molecule has 7 heteroatoms. The van der Waals surface area contributed by atoms with Crippen molar-refractivity contribution in [2.75, 3.05) is 44.3 Å². The van der Waals surface area contributed by atoms with Gasteiger partial charge in [0.1, 0.15) is 0 Å². The summed E-state index contributed by atoms with van der Waals surface area (Å²) in [5.41, 5.74) is 2.58. The number of nitrogens with zero attached hydrogens (tertiary/aromatic N) is 4. The zero-order valence-corrected chi connectivity index (χ0v) is 13.6. The summed E-state index contributed by atoms with van der Waals surface area (Å²) in [5, 5.41) is 13.6. The van der Waals surface area contributed by atoms with Crippen molar-refractivity contribution in [1.82, 2.24) is 14.5 Å². The Labute approximate surface area is 140 Å². The number of pyridine rings is 1. The first kappa shape index (κ1) is 15.4. The van der Waals surface area contributed by atoms with Gasteiger partial charge in [-0.05, 0) is 25.0 Å². The van der Waals surface area contributed by atoms with Crippen molar-refractivity contribution in [3.8, 4) is 0 Å². The van der Waals surface area contributed by atoms with Crippen LogP contribution in [0.1, 0.15) is 23.2 Å². The summed E-state index contributed by atoms with van der Waals surface area (Å²) in [6.45, 7) is 3.47. The molecule has 0 radical (unpaired) electrons. The van der Waals surface area contributed by atoms with Gasteiger partial charge in [-0.1, -0.05) is 0 Å². The fourth-order valence-corrected chi connectivity index (χ4v) is 3.49. The molecule has 2 aliphatic heterocycles. The van der Waals surface area contributed by atoms with Crippen LogP contribution in [-0.4, -0.2) is 71.0 Å². The van der Waals surface area contributed by atoms with E-state index in [0.29, 0.717) is 25.3 Å². The smallest absolute Gasteiger partial charge is 0.257 e. The first-order valence-electron chi connectivity index (χ1n) is 8.50. The molecule has 2 fully saturated rings. The topological polar surface area (TPSA) is 70.3 Å². The molecule has 0 aliphatic carbocycles. The molecule has 2 saturated heterocycles. The summed E-state index contributed by atoms with van der Waals surface area (Å²) in [5.74, 6) is -0.0506. The van der Waals surface area contributed by atoms with Crippen LogP contribution in [0, 0.1) is 0 Å². The van der Waals surface area contributed by atoms with Crippen LogP contribution in [-0.2, 0) is 4.74 Å². The van der Waals surface area contributed by atoms with Crippen molar-refractivity contribution in [1.29, 1.82) is 0 Å². The third-order valence-corrected chi connectivity index (χ3v) is 4.84. The number of carbonyl (C=O) groups is 1. The lowest BCUT2D eigenvalue weighted by molar-refractivity contribution is -0.0446. The maximum Gasteiger partial charge on any atom is 0.257 e. The number of amides is 1. The van der Waals surface area contributed by atoms with E-state index in [9.17, 15) is 9.90 Å². The Balaban J connectivity index is 1.63. The zero-order valence-electron chi connectivity index (χ0n) is 13.6. The number of ether oxygens (including phenoxy) is 1. The molecular formula is C17H22N4O3. The van der Waals surface area contributed by atoms with E-state index >= 15 is 0 Å². The minimum Gasteiger partial charge on any atom is -0.394 e. The van der Waals surface area contributed by atoms with E-state index in [0.717, 1.165) is 24.3 Å². The van der Waals surface area contributed by atoms with Gasteiger partial charge in [-0.3, -0.25) is 4.79 Å². The highest BCUT2D eigenvalue weighted by atomic mass is 16.5. The Bertz CT molecular complexity index is 739. The highest BCUT2D eigenvalue weighted by Gasteiger charge is 2.26. The lowest BCUT2D eigenvalue weighted by Crippen LogP contribution is -2.46. The van der Waals surface area contributed by atoms with Gasteiger partial charge >= 0.3 is 0 Å². The normalized spacial score (nSPS) is 21.6. The van der Waals surface area contributed by atoms with E-state index in [1.165, 1.54) is 12.8 Å². The Morgan fingerprint density at radius 3 is 2.96 bits per heavy atom. The first-order chi connectivity index (χ1) is 11.8. The Hall–Kier alpha value is -2.12. The molecule has 2 aliphatic rings. The summed E-state index contributed by atoms with van der Waals surface area (Å²) < 4.78 is 7.17. The zero-order chi connectivity index (χ0) is 16.5. The van der Waals surface area contributed by atoms with E-state index < -0.39 is 0 Å². The quantitative estimate of drug-likeness (QED) is 0.900. The van der Waals surface area contributed by atoms with Gasteiger partial charge in [0.05, 0.1) is 36.6 Å². The van der Waals surface area contributed by atoms with Crippen LogP contribution in [0.2, 0.25) is 0 Å². The summed E-state index contributed by atoms with van der Waals surface area (Å²) in [4.78, 5) is 17.0. The van der Waals surface area contributed by atoms with Crippen LogP contribution in [0.5, 0.6) is 0 Å². The number of carbonyl (C=O) groups excluding carboxylic acids is 1. The van der Waals surface area contributed by atoms with Gasteiger partial charge in [0.15, 0.2) is 0 Å². The first-order valence-corrected chi connectivity index (χ1v) is 8.50. The Morgan fingerprint density at radius 1 is 1.33 bits per heavy atom. The number of hydrogen-bond donors (Lipinski definition) is 1. The molecule has 1 N–H and O–H groups in total. The minimum absolute atomic E-state index is 0.0506. The van der Waals surface area contributed by atoms with E-state index in [1.54, 1.807) is 15.6 Å². The van der Waals surface area contributed by atoms with E-state index in [2.05, 4.69) is 22.1 Å². The lowest BCUT2D eigenvalue weighted by Gasteiger charge is -2.31. The van der Waals surface area contributed by atoms with Crippen molar-refractivity contribution in [2.45, 2.75) is 18.9 Å². The lowest BCUT2D eigenvalue weighted by atomic mass is 10.2. The fraction of sp³-hybridized carbons (Fsp3) is 0.529. The fourth-order valence-electron chi connectivity index (χ4n) is 3.49. The molecule has 0 aromatic carbocycles. The maximum atomic E-state index is 12.9. The predicted molar refractivity (Wildman–Crippen MR) is 89.4 cm³/mol. The molecule has 2 aromatic rings. The summed E-state index contributed by atoms with van der Waals surface area (Å²) in [7, 11) is 0. The molecule has 0 bridgehead atoms. The molecule has 4 rings (SSSR count). The van der Waals surface area contributed by atoms with Crippen molar-refractivity contribution < 1.29 is 14.6 Å². The Morgan fingerprint density at radius 2 is 2.17 bits per heavy atom. The molecule has 2 aromatic heterocycles. The second-order valence-electron chi connectivity index (χ2n) is 6.39. The van der Waals surface area contributed by atoms with Crippen LogP contribution >= 0.6 is 0 Å². The average molecular weight is 330 g/mol. The number of morpholine rings is 1. The van der Waals surface area contributed by atoms with Crippen molar-refractivity contribution in [3.63, 3.8) is 0 Å². The summed E-state index contributed by atoms with van der Waals surface area (Å²) >= 11 is 0. The van der Waals surface area contributed by atoms with E-state index in [1.807, 2.05) is 6.20 Å². The number of fused-ring (bicyclic) bond motifs is 1. The summed E-state index contributed by atoms with van der Waals surface area (Å²) in [6, 6.07) is 4.10. The van der Waals surface area contributed by atoms with Gasteiger partial charge in [-0.2, -0.15) is 5.10 Å². The van der Waals surface area contributed by atoms with Crippen LogP contribution < -0.4 is 4.90 Å². The van der Waals surface area contributed by atoms with Gasteiger partial charge in [0, 0.05) is 38.1 Å². The molecule has 1 unspecified atom stereocenters. The Kier molecular flexibility index (Phi) is 4.12. The third-order valence-electron chi connectivity index (χ3n) is 4.84. The molecule has 0 saturated carbocycles. The monoisotopic (exact) mass is 330 g/mol. The SMILES string of the molecule is O=C(c1cnn2ccc(N3CCCC3)cc12)N1CCOC(CO)C1. The van der Waals surface area contributed by atoms with Crippen molar-refractivity contribution in [3.05, 3.63) is 30.1 Å².